The largest absolute Gasteiger partial charge is 0.369 e. The molecule has 0 bridgehead atoms. The number of aryl methyl sites for hydroxylation is 1. The van der Waals surface area contributed by atoms with Crippen LogP contribution in [0.1, 0.15) is 42.1 Å². The van der Waals surface area contributed by atoms with Gasteiger partial charge in [0.05, 0.1) is 22.3 Å². The molecule has 10 nitrogen and oxygen atoms in total. The fraction of sp³-hybridized carbons (Fsp3) is 0.423. The lowest BCUT2D eigenvalue weighted by Gasteiger charge is -2.61. The molecule has 2 aromatic heterocycles. The van der Waals surface area contributed by atoms with Crippen molar-refractivity contribution in [1.82, 2.24) is 24.3 Å². The van der Waals surface area contributed by atoms with Gasteiger partial charge in [-0.2, -0.15) is 0 Å². The van der Waals surface area contributed by atoms with Gasteiger partial charge < -0.3 is 9.80 Å². The summed E-state index contributed by atoms with van der Waals surface area (Å²) in [4.78, 5) is 58.2. The highest BCUT2D eigenvalue weighted by molar-refractivity contribution is 6.00. The molecule has 2 aliphatic heterocycles. The Morgan fingerprint density at radius 3 is 2.61 bits per heavy atom. The third kappa shape index (κ3) is 3.35. The van der Waals surface area contributed by atoms with Crippen molar-refractivity contribution in [3.63, 3.8) is 0 Å². The van der Waals surface area contributed by atoms with Gasteiger partial charge in [0, 0.05) is 57.5 Å². The van der Waals surface area contributed by atoms with Gasteiger partial charge in [-0.3, -0.25) is 33.8 Å². The fourth-order valence-electron chi connectivity index (χ4n) is 6.17. The number of hydrogen-bond donors (Lipinski definition) is 1. The summed E-state index contributed by atoms with van der Waals surface area (Å²) in [7, 11) is 3.59. The summed E-state index contributed by atoms with van der Waals surface area (Å²) in [5.74, 6) is -0.740. The molecule has 6 rings (SSSR count). The average molecular weight is 489 g/mol. The fourth-order valence-corrected chi connectivity index (χ4v) is 6.17. The van der Waals surface area contributed by atoms with Crippen LogP contribution in [0.2, 0.25) is 0 Å². The van der Waals surface area contributed by atoms with Gasteiger partial charge in [-0.05, 0) is 43.5 Å². The number of imide groups is 1. The quantitative estimate of drug-likeness (QED) is 0.557. The van der Waals surface area contributed by atoms with E-state index >= 15 is 0 Å². The summed E-state index contributed by atoms with van der Waals surface area (Å²) in [6.07, 6.45) is 5.67. The Balaban J connectivity index is 1.20. The summed E-state index contributed by atoms with van der Waals surface area (Å²) in [6, 6.07) is 8.85. The molecule has 10 heteroatoms. The number of benzene rings is 1. The molecule has 1 spiro atoms. The van der Waals surface area contributed by atoms with Gasteiger partial charge in [0.1, 0.15) is 6.04 Å². The first-order valence-electron chi connectivity index (χ1n) is 12.2. The summed E-state index contributed by atoms with van der Waals surface area (Å²) < 4.78 is 3.12. The molecule has 1 atom stereocenters. The minimum absolute atomic E-state index is 0.00585. The first-order chi connectivity index (χ1) is 17.3. The predicted molar refractivity (Wildman–Crippen MR) is 133 cm³/mol. The summed E-state index contributed by atoms with van der Waals surface area (Å²) in [6.45, 7) is 1.71. The number of para-hydroxylation sites is 1. The van der Waals surface area contributed by atoms with Crippen LogP contribution >= 0.6 is 0 Å². The second kappa shape index (κ2) is 8.04. The Hall–Kier alpha value is -3.95. The van der Waals surface area contributed by atoms with Crippen molar-refractivity contribution in [3.8, 4) is 0 Å². The summed E-state index contributed by atoms with van der Waals surface area (Å²) >= 11 is 0. The van der Waals surface area contributed by atoms with E-state index in [1.807, 2.05) is 30.1 Å². The summed E-state index contributed by atoms with van der Waals surface area (Å²) in [5, 5.41) is 2.36. The van der Waals surface area contributed by atoms with Crippen molar-refractivity contribution in [3.05, 3.63) is 58.8 Å². The van der Waals surface area contributed by atoms with Crippen molar-refractivity contribution in [2.45, 2.75) is 37.8 Å². The van der Waals surface area contributed by atoms with E-state index in [1.54, 1.807) is 36.1 Å². The minimum Gasteiger partial charge on any atom is -0.369 e. The molecule has 36 heavy (non-hydrogen) atoms. The zero-order valence-electron chi connectivity index (χ0n) is 20.3. The van der Waals surface area contributed by atoms with Crippen molar-refractivity contribution < 1.29 is 14.4 Å². The molecule has 3 amide bonds. The Morgan fingerprint density at radius 2 is 1.92 bits per heavy atom. The van der Waals surface area contributed by atoms with Crippen LogP contribution in [0.4, 0.5) is 5.69 Å². The Morgan fingerprint density at radius 1 is 1.14 bits per heavy atom. The number of imidazole rings is 1. The standard InChI is InChI=1S/C26H28N6O4/c1-29(24(35)16-5-4-10-27-13-16)17-11-26(12-17)14-31(15-26)18-6-3-7-19-22(18)30(2)25(36)32(19)20-8-9-21(33)28-23(20)34/h3-7,10,13,17,20H,8-9,11-12,14-15H2,1-2H3,(H,28,33,34). The maximum atomic E-state index is 13.2. The maximum Gasteiger partial charge on any atom is 0.329 e. The molecule has 2 saturated heterocycles. The highest BCUT2D eigenvalue weighted by Gasteiger charge is 2.54. The number of anilines is 1. The van der Waals surface area contributed by atoms with Crippen LogP contribution in [0.5, 0.6) is 0 Å². The van der Waals surface area contributed by atoms with E-state index in [9.17, 15) is 19.2 Å². The van der Waals surface area contributed by atoms with Gasteiger partial charge in [-0.25, -0.2) is 4.79 Å². The highest BCUT2D eigenvalue weighted by atomic mass is 16.2. The van der Waals surface area contributed by atoms with E-state index in [0.717, 1.165) is 37.1 Å². The van der Waals surface area contributed by atoms with Crippen LogP contribution in [0.3, 0.4) is 0 Å². The van der Waals surface area contributed by atoms with Crippen LogP contribution < -0.4 is 15.9 Å². The molecule has 1 unspecified atom stereocenters. The van der Waals surface area contributed by atoms with Crippen molar-refractivity contribution in [2.75, 3.05) is 25.0 Å². The van der Waals surface area contributed by atoms with Crippen molar-refractivity contribution in [2.24, 2.45) is 12.5 Å². The number of pyridine rings is 1. The molecular formula is C26H28N6O4. The number of nitrogens with zero attached hydrogens (tertiary/aromatic N) is 5. The van der Waals surface area contributed by atoms with E-state index in [2.05, 4.69) is 15.2 Å². The van der Waals surface area contributed by atoms with Gasteiger partial charge >= 0.3 is 5.69 Å². The third-order valence-electron chi connectivity index (χ3n) is 8.11. The molecule has 186 valence electrons. The van der Waals surface area contributed by atoms with Crippen LogP contribution in [-0.4, -0.2) is 62.9 Å². The molecular weight excluding hydrogens is 460 g/mol. The second-order valence-corrected chi connectivity index (χ2v) is 10.4. The summed E-state index contributed by atoms with van der Waals surface area (Å²) in [5.41, 5.74) is 2.96. The molecule has 4 heterocycles. The van der Waals surface area contributed by atoms with Gasteiger partial charge in [-0.15, -0.1) is 0 Å². The van der Waals surface area contributed by atoms with E-state index in [0.29, 0.717) is 17.5 Å². The third-order valence-corrected chi connectivity index (χ3v) is 8.11. The van der Waals surface area contributed by atoms with Crippen LogP contribution in [-0.2, 0) is 16.6 Å². The number of carbonyl (C=O) groups is 3. The lowest BCUT2D eigenvalue weighted by atomic mass is 9.60. The van der Waals surface area contributed by atoms with Gasteiger partial charge in [0.2, 0.25) is 11.8 Å². The maximum absolute atomic E-state index is 13.2. The van der Waals surface area contributed by atoms with E-state index < -0.39 is 11.9 Å². The number of fused-ring (bicyclic) bond motifs is 1. The van der Waals surface area contributed by atoms with Crippen molar-refractivity contribution >= 4 is 34.4 Å². The van der Waals surface area contributed by atoms with E-state index in [1.165, 1.54) is 4.57 Å². The number of rotatable bonds is 4. The van der Waals surface area contributed by atoms with Crippen LogP contribution in [0.25, 0.3) is 11.0 Å². The number of carbonyl (C=O) groups excluding carboxylic acids is 3. The molecule has 1 saturated carbocycles. The van der Waals surface area contributed by atoms with Gasteiger partial charge in [0.15, 0.2) is 0 Å². The average Bonchev–Trinajstić information content (AvgIpc) is 3.08. The molecule has 3 fully saturated rings. The number of piperidine rings is 1. The number of aromatic nitrogens is 3. The lowest BCUT2D eigenvalue weighted by Crippen LogP contribution is -2.66. The SMILES string of the molecule is CN(C(=O)c1cccnc1)C1CC2(C1)CN(c1cccc3c1n(C)c(=O)n3C1CCC(=O)NC1=O)C2. The molecule has 3 aliphatic rings. The van der Waals surface area contributed by atoms with E-state index in [4.69, 9.17) is 0 Å². The molecule has 1 N–H and O–H groups in total. The molecule has 1 aliphatic carbocycles. The molecule has 1 aromatic carbocycles. The van der Waals surface area contributed by atoms with Crippen molar-refractivity contribution in [1.29, 1.82) is 0 Å². The lowest BCUT2D eigenvalue weighted by molar-refractivity contribution is -0.135. The Labute approximate surface area is 207 Å². The molecule has 3 aromatic rings. The number of hydrogen-bond acceptors (Lipinski definition) is 6. The van der Waals surface area contributed by atoms with Crippen LogP contribution in [0.15, 0.2) is 47.5 Å². The predicted octanol–water partition coefficient (Wildman–Crippen LogP) is 1.45. The van der Waals surface area contributed by atoms with E-state index in [-0.39, 0.29) is 35.4 Å². The first-order valence-corrected chi connectivity index (χ1v) is 12.2. The van der Waals surface area contributed by atoms with Gasteiger partial charge in [-0.1, -0.05) is 6.07 Å². The monoisotopic (exact) mass is 488 g/mol. The smallest absolute Gasteiger partial charge is 0.329 e. The number of amides is 3. The van der Waals surface area contributed by atoms with Crippen LogP contribution in [0, 0.1) is 5.41 Å². The second-order valence-electron chi connectivity index (χ2n) is 10.4. The highest BCUT2D eigenvalue weighted by Crippen LogP contribution is 2.52. The Bertz CT molecular complexity index is 1440. The molecule has 0 radical (unpaired) electrons. The zero-order valence-corrected chi connectivity index (χ0v) is 20.3. The first kappa shape index (κ1) is 22.5. The van der Waals surface area contributed by atoms with Gasteiger partial charge in [0.25, 0.3) is 5.91 Å². The number of nitrogens with one attached hydrogen (secondary N) is 1. The normalized spacial score (nSPS) is 21.3. The minimum atomic E-state index is -0.697. The Kier molecular flexibility index (Phi) is 5.03. The zero-order chi connectivity index (χ0) is 25.2. The topological polar surface area (TPSA) is 110 Å².